The molecule has 0 heterocycles. The molecule has 0 radical (unpaired) electrons. The van der Waals surface area contributed by atoms with Gasteiger partial charge in [0, 0.05) is 20.3 Å². The maximum absolute atomic E-state index is 12.4. The lowest BCUT2D eigenvalue weighted by Crippen LogP contribution is -2.54. The Morgan fingerprint density at radius 3 is 2.26 bits per heavy atom. The van der Waals surface area contributed by atoms with Crippen LogP contribution < -0.4 is 0 Å². The number of hydrogen-bond acceptors (Lipinski definition) is 5. The van der Waals surface area contributed by atoms with E-state index in [1.807, 2.05) is 0 Å². The van der Waals surface area contributed by atoms with E-state index in [1.54, 1.807) is 0 Å². The highest BCUT2D eigenvalue weighted by molar-refractivity contribution is 5.82. The minimum absolute atomic E-state index is 0.0676. The first-order valence-corrected chi connectivity index (χ1v) is 12.5. The lowest BCUT2D eigenvalue weighted by Gasteiger charge is -2.61. The number of ether oxygens (including phenoxy) is 2. The summed E-state index contributed by atoms with van der Waals surface area (Å²) in [6.07, 6.45) is 11.2. The number of Topliss-reactive ketones (excluding diaryl/α,β-unsaturated/α-hetero) is 1. The second-order valence-corrected chi connectivity index (χ2v) is 11.5. The van der Waals surface area contributed by atoms with Crippen LogP contribution >= 0.6 is 0 Å². The molecule has 5 nitrogen and oxygen atoms in total. The molecule has 31 heavy (non-hydrogen) atoms. The van der Waals surface area contributed by atoms with E-state index in [2.05, 4.69) is 13.8 Å². The van der Waals surface area contributed by atoms with Gasteiger partial charge >= 0.3 is 11.9 Å². The van der Waals surface area contributed by atoms with E-state index in [-0.39, 0.29) is 35.8 Å². The van der Waals surface area contributed by atoms with Gasteiger partial charge in [-0.25, -0.2) is 0 Å². The summed E-state index contributed by atoms with van der Waals surface area (Å²) >= 11 is 0. The normalized spacial score (nSPS) is 43.9. The van der Waals surface area contributed by atoms with Crippen molar-refractivity contribution in [2.24, 2.45) is 40.4 Å². The fraction of sp³-hybridized carbons (Fsp3) is 0.885. The van der Waals surface area contributed by atoms with E-state index >= 15 is 0 Å². The maximum Gasteiger partial charge on any atom is 0.303 e. The first-order valence-electron chi connectivity index (χ1n) is 12.5. The van der Waals surface area contributed by atoms with E-state index in [4.69, 9.17) is 9.47 Å². The highest BCUT2D eigenvalue weighted by atomic mass is 16.5. The smallest absolute Gasteiger partial charge is 0.303 e. The number of rotatable bonds is 5. The third-order valence-electron chi connectivity index (χ3n) is 10.1. The number of ketones is 1. The molecule has 4 aliphatic rings. The summed E-state index contributed by atoms with van der Waals surface area (Å²) in [4.78, 5) is 34.9. The van der Waals surface area contributed by atoms with Gasteiger partial charge < -0.3 is 9.47 Å². The van der Waals surface area contributed by atoms with E-state index < -0.39 is 0 Å². The van der Waals surface area contributed by atoms with Crippen molar-refractivity contribution < 1.29 is 23.9 Å². The highest BCUT2D eigenvalue weighted by Crippen LogP contribution is 2.67. The number of esters is 2. The zero-order chi connectivity index (χ0) is 22.4. The van der Waals surface area contributed by atoms with Gasteiger partial charge in [0.2, 0.25) is 0 Å². The molecule has 0 saturated heterocycles. The molecule has 0 aromatic rings. The Labute approximate surface area is 187 Å². The maximum atomic E-state index is 12.4. The number of hydrogen-bond donors (Lipinski definition) is 0. The highest BCUT2D eigenvalue weighted by Gasteiger charge is 2.60. The van der Waals surface area contributed by atoms with Gasteiger partial charge in [-0.2, -0.15) is 0 Å². The van der Waals surface area contributed by atoms with Gasteiger partial charge in [-0.3, -0.25) is 14.4 Å². The van der Waals surface area contributed by atoms with Crippen LogP contribution in [0.5, 0.6) is 0 Å². The molecular weight excluding hydrogens is 392 g/mol. The topological polar surface area (TPSA) is 69.7 Å². The fourth-order valence-corrected chi connectivity index (χ4v) is 8.52. The summed E-state index contributed by atoms with van der Waals surface area (Å²) in [5.41, 5.74) is 0.606. The van der Waals surface area contributed by atoms with Crippen LogP contribution in [-0.4, -0.2) is 30.4 Å². The van der Waals surface area contributed by atoms with Crippen molar-refractivity contribution in [3.63, 3.8) is 0 Å². The molecule has 0 aromatic carbocycles. The third kappa shape index (κ3) is 4.18. The fourth-order valence-electron chi connectivity index (χ4n) is 8.52. The van der Waals surface area contributed by atoms with Crippen molar-refractivity contribution in [1.82, 2.24) is 0 Å². The lowest BCUT2D eigenvalue weighted by atomic mass is 9.44. The Balaban J connectivity index is 1.43. The van der Waals surface area contributed by atoms with Crippen molar-refractivity contribution in [3.05, 3.63) is 0 Å². The minimum Gasteiger partial charge on any atom is -0.463 e. The largest absolute Gasteiger partial charge is 0.463 e. The standard InChI is InChI=1S/C26H40O5/c1-16(27)30-15-20(29)13-18-6-8-23-22-7-5-19-14-21(31-17(2)28)9-11-25(19,3)24(22)10-12-26(18,23)4/h18-19,21-24H,5-15H2,1-4H3/t18-,19+,21+,22+,23+,24+,25+,26-/m1/s1. The molecule has 0 bridgehead atoms. The van der Waals surface area contributed by atoms with Gasteiger partial charge in [0.25, 0.3) is 0 Å². The Morgan fingerprint density at radius 1 is 0.839 bits per heavy atom. The van der Waals surface area contributed by atoms with Crippen molar-refractivity contribution in [1.29, 1.82) is 0 Å². The lowest BCUT2D eigenvalue weighted by molar-refractivity contribution is -0.160. The van der Waals surface area contributed by atoms with Gasteiger partial charge in [-0.05, 0) is 98.2 Å². The number of carbonyl (C=O) groups is 3. The Bertz CT molecular complexity index is 731. The van der Waals surface area contributed by atoms with Crippen LogP contribution in [0.2, 0.25) is 0 Å². The monoisotopic (exact) mass is 432 g/mol. The van der Waals surface area contributed by atoms with Crippen molar-refractivity contribution in [2.75, 3.05) is 6.61 Å². The summed E-state index contributed by atoms with van der Waals surface area (Å²) < 4.78 is 10.5. The first-order chi connectivity index (χ1) is 14.6. The second kappa shape index (κ2) is 8.51. The predicted molar refractivity (Wildman–Crippen MR) is 117 cm³/mol. The summed E-state index contributed by atoms with van der Waals surface area (Å²) in [5, 5.41) is 0. The summed E-state index contributed by atoms with van der Waals surface area (Å²) in [6, 6.07) is 0. The van der Waals surface area contributed by atoms with E-state index in [9.17, 15) is 14.4 Å². The van der Waals surface area contributed by atoms with Crippen molar-refractivity contribution >= 4 is 17.7 Å². The average Bonchev–Trinajstić information content (AvgIpc) is 3.02. The van der Waals surface area contributed by atoms with Gasteiger partial charge in [0.1, 0.15) is 12.7 Å². The Kier molecular flexibility index (Phi) is 6.26. The van der Waals surface area contributed by atoms with E-state index in [0.29, 0.717) is 29.6 Å². The molecule has 0 aromatic heterocycles. The van der Waals surface area contributed by atoms with E-state index in [0.717, 1.165) is 31.1 Å². The molecule has 174 valence electrons. The minimum atomic E-state index is -0.377. The predicted octanol–water partition coefficient (Wildman–Crippen LogP) is 5.10. The SMILES string of the molecule is CC(=O)OCC(=O)C[C@H]1CC[C@H]2[C@@H]3CC[C@H]4C[C@@H](OC(C)=O)CC[C@]4(C)[C@H]3CC[C@]12C. The first kappa shape index (κ1) is 22.8. The molecule has 4 saturated carbocycles. The van der Waals surface area contributed by atoms with Crippen molar-refractivity contribution in [3.8, 4) is 0 Å². The third-order valence-corrected chi connectivity index (χ3v) is 10.1. The van der Waals surface area contributed by atoms with E-state index in [1.165, 1.54) is 52.4 Å². The Morgan fingerprint density at radius 2 is 1.55 bits per heavy atom. The van der Waals surface area contributed by atoms with Crippen LogP contribution in [0.1, 0.15) is 91.9 Å². The molecule has 4 rings (SSSR count). The molecule has 4 fully saturated rings. The van der Waals surface area contributed by atoms with Crippen LogP contribution in [0.3, 0.4) is 0 Å². The summed E-state index contributed by atoms with van der Waals surface area (Å²) in [6.45, 7) is 7.78. The zero-order valence-electron chi connectivity index (χ0n) is 19.8. The summed E-state index contributed by atoms with van der Waals surface area (Å²) in [7, 11) is 0. The van der Waals surface area contributed by atoms with Crippen LogP contribution in [0.25, 0.3) is 0 Å². The molecule has 0 aliphatic heterocycles. The Hall–Kier alpha value is -1.39. The van der Waals surface area contributed by atoms with Gasteiger partial charge in [0.05, 0.1) is 0 Å². The van der Waals surface area contributed by atoms with Crippen LogP contribution in [0, 0.1) is 40.4 Å². The molecule has 0 N–H and O–H groups in total. The molecule has 0 amide bonds. The summed E-state index contributed by atoms with van der Waals surface area (Å²) in [5.74, 6) is 2.88. The van der Waals surface area contributed by atoms with Gasteiger partial charge in [0.15, 0.2) is 5.78 Å². The number of fused-ring (bicyclic) bond motifs is 5. The quantitative estimate of drug-likeness (QED) is 0.565. The van der Waals surface area contributed by atoms with Gasteiger partial charge in [-0.1, -0.05) is 13.8 Å². The molecule has 4 aliphatic carbocycles. The van der Waals surface area contributed by atoms with Gasteiger partial charge in [-0.15, -0.1) is 0 Å². The average molecular weight is 433 g/mol. The molecule has 5 heteroatoms. The zero-order valence-corrected chi connectivity index (χ0v) is 19.8. The number of carbonyl (C=O) groups excluding carboxylic acids is 3. The molecular formula is C26H40O5. The van der Waals surface area contributed by atoms with Crippen LogP contribution in [0.15, 0.2) is 0 Å². The molecule has 0 unspecified atom stereocenters. The molecule has 8 atom stereocenters. The van der Waals surface area contributed by atoms with Crippen LogP contribution in [-0.2, 0) is 23.9 Å². The van der Waals surface area contributed by atoms with Crippen molar-refractivity contribution in [2.45, 2.75) is 98.0 Å². The second-order valence-electron chi connectivity index (χ2n) is 11.5. The molecule has 0 spiro atoms. The van der Waals surface area contributed by atoms with Crippen LogP contribution in [0.4, 0.5) is 0 Å².